The predicted octanol–water partition coefficient (Wildman–Crippen LogP) is 4.19. The molecule has 0 spiro atoms. The molecule has 0 atom stereocenters. The topological polar surface area (TPSA) is 145 Å². The maximum Gasteiger partial charge on any atom is 0.293 e. The Bertz CT molecular complexity index is 1490. The fraction of sp³-hybridized carbons (Fsp3) is 0.208. The minimum atomic E-state index is -0.504. The molecule has 37 heavy (non-hydrogen) atoms. The lowest BCUT2D eigenvalue weighted by molar-refractivity contribution is -0.384. The fourth-order valence-electron chi connectivity index (χ4n) is 4.04. The van der Waals surface area contributed by atoms with Crippen molar-refractivity contribution in [2.24, 2.45) is 0 Å². The van der Waals surface area contributed by atoms with Crippen molar-refractivity contribution in [3.05, 3.63) is 92.3 Å². The summed E-state index contributed by atoms with van der Waals surface area (Å²) in [4.78, 5) is 48.0. The summed E-state index contributed by atoms with van der Waals surface area (Å²) in [5.41, 5.74) is 1.36. The monoisotopic (exact) mass is 520 g/mol. The Balaban J connectivity index is 1.55. The van der Waals surface area contributed by atoms with Crippen molar-refractivity contribution in [2.75, 3.05) is 36.1 Å². The third-order valence-corrected chi connectivity index (χ3v) is 6.91. The number of fused-ring (bicyclic) bond motifs is 1. The zero-order chi connectivity index (χ0) is 25.9. The number of pyridine rings is 1. The van der Waals surface area contributed by atoms with Crippen LogP contribution in [0.5, 0.6) is 0 Å². The number of thiazole rings is 1. The minimum Gasteiger partial charge on any atom is -0.378 e. The maximum atomic E-state index is 13.8. The van der Waals surface area contributed by atoms with Crippen LogP contribution in [-0.2, 0) is 11.3 Å². The Morgan fingerprint density at radius 1 is 1.05 bits per heavy atom. The molecular formula is C24H20N6O6S. The number of nitro benzene ring substituents is 2. The molecule has 0 radical (unpaired) electrons. The van der Waals surface area contributed by atoms with Gasteiger partial charge in [-0.1, -0.05) is 17.4 Å². The maximum absolute atomic E-state index is 13.8. The normalized spacial score (nSPS) is 13.5. The summed E-state index contributed by atoms with van der Waals surface area (Å²) in [7, 11) is 0. The first kappa shape index (κ1) is 24.2. The van der Waals surface area contributed by atoms with Crippen molar-refractivity contribution in [3.8, 4) is 0 Å². The van der Waals surface area contributed by atoms with E-state index in [0.717, 1.165) is 11.3 Å². The number of rotatable bonds is 7. The number of benzene rings is 2. The lowest BCUT2D eigenvalue weighted by atomic mass is 10.1. The third-order valence-electron chi connectivity index (χ3n) is 5.86. The molecular weight excluding hydrogens is 500 g/mol. The molecule has 0 unspecified atom stereocenters. The van der Waals surface area contributed by atoms with Crippen molar-refractivity contribution >= 4 is 49.7 Å². The van der Waals surface area contributed by atoms with Crippen LogP contribution >= 0.6 is 11.3 Å². The van der Waals surface area contributed by atoms with E-state index in [2.05, 4.69) is 9.97 Å². The summed E-state index contributed by atoms with van der Waals surface area (Å²) < 4.78 is 5.88. The zero-order valence-electron chi connectivity index (χ0n) is 19.4. The first-order valence-electron chi connectivity index (χ1n) is 11.3. The Hall–Kier alpha value is -4.49. The van der Waals surface area contributed by atoms with Crippen molar-refractivity contribution in [3.63, 3.8) is 0 Å². The second-order valence-electron chi connectivity index (χ2n) is 8.18. The number of amides is 1. The highest BCUT2D eigenvalue weighted by Gasteiger charge is 2.27. The summed E-state index contributed by atoms with van der Waals surface area (Å²) in [6.45, 7) is 2.01. The molecule has 3 heterocycles. The molecule has 2 aromatic heterocycles. The summed E-state index contributed by atoms with van der Waals surface area (Å²) in [6.07, 6.45) is 1.60. The molecule has 1 fully saturated rings. The number of morpholine rings is 1. The van der Waals surface area contributed by atoms with E-state index in [1.165, 1.54) is 29.2 Å². The lowest BCUT2D eigenvalue weighted by Crippen LogP contribution is -2.36. The number of hydrogen-bond acceptors (Lipinski definition) is 10. The number of non-ortho nitro benzene ring substituents is 1. The van der Waals surface area contributed by atoms with Crippen LogP contribution in [0, 0.1) is 20.2 Å². The molecule has 1 amide bonds. The molecule has 0 bridgehead atoms. The van der Waals surface area contributed by atoms with Gasteiger partial charge in [0.05, 0.1) is 45.5 Å². The molecule has 1 aliphatic heterocycles. The van der Waals surface area contributed by atoms with Gasteiger partial charge in [-0.3, -0.25) is 34.9 Å². The molecule has 188 valence electrons. The van der Waals surface area contributed by atoms with Crippen LogP contribution < -0.4 is 9.80 Å². The molecule has 1 saturated heterocycles. The van der Waals surface area contributed by atoms with Gasteiger partial charge in [0.2, 0.25) is 0 Å². The Morgan fingerprint density at radius 2 is 1.86 bits per heavy atom. The molecule has 4 aromatic rings. The van der Waals surface area contributed by atoms with Gasteiger partial charge in [-0.15, -0.1) is 0 Å². The highest BCUT2D eigenvalue weighted by Crippen LogP contribution is 2.35. The van der Waals surface area contributed by atoms with Gasteiger partial charge in [0.15, 0.2) is 5.13 Å². The van der Waals surface area contributed by atoms with Crippen molar-refractivity contribution in [1.82, 2.24) is 9.97 Å². The minimum absolute atomic E-state index is 0.0562. The van der Waals surface area contributed by atoms with Crippen LogP contribution in [0.25, 0.3) is 10.2 Å². The van der Waals surface area contributed by atoms with Gasteiger partial charge in [0.1, 0.15) is 5.69 Å². The number of carbonyl (C=O) groups is 1. The summed E-state index contributed by atoms with van der Waals surface area (Å²) in [6, 6.07) is 14.0. The third kappa shape index (κ3) is 5.08. The number of aromatic nitrogens is 2. The molecule has 2 aromatic carbocycles. The first-order valence-corrected chi connectivity index (χ1v) is 12.1. The average molecular weight is 521 g/mol. The Labute approximate surface area is 214 Å². The predicted molar refractivity (Wildman–Crippen MR) is 137 cm³/mol. The van der Waals surface area contributed by atoms with Crippen LogP contribution in [0.2, 0.25) is 0 Å². The molecule has 5 rings (SSSR count). The largest absolute Gasteiger partial charge is 0.378 e. The molecule has 12 nitrogen and oxygen atoms in total. The standard InChI is InChI=1S/C24H20N6O6S/c31-23(16-4-7-20(21(13-16)30(34)35)27-9-11-36-12-10-27)28(15-17-3-1-2-8-25-17)24-26-19-6-5-18(29(32)33)14-22(19)37-24/h1-8,13-14H,9-12,15H2. The fourth-order valence-corrected chi connectivity index (χ4v) is 5.04. The highest BCUT2D eigenvalue weighted by molar-refractivity contribution is 7.22. The van der Waals surface area contributed by atoms with Crippen molar-refractivity contribution < 1.29 is 19.4 Å². The summed E-state index contributed by atoms with van der Waals surface area (Å²) in [5.74, 6) is -0.504. The zero-order valence-corrected chi connectivity index (χ0v) is 20.2. The highest BCUT2D eigenvalue weighted by atomic mass is 32.1. The van der Waals surface area contributed by atoms with Crippen LogP contribution in [0.3, 0.4) is 0 Å². The SMILES string of the molecule is O=C(c1ccc(N2CCOCC2)c([N+](=O)[O-])c1)N(Cc1ccccn1)c1nc2ccc([N+](=O)[O-])cc2s1. The number of nitrogens with zero attached hydrogens (tertiary/aromatic N) is 6. The van der Waals surface area contributed by atoms with Crippen LogP contribution in [-0.4, -0.2) is 52.0 Å². The Morgan fingerprint density at radius 3 is 2.57 bits per heavy atom. The van der Waals surface area contributed by atoms with Gasteiger partial charge in [-0.05, 0) is 30.3 Å². The van der Waals surface area contributed by atoms with E-state index in [4.69, 9.17) is 4.74 Å². The van der Waals surface area contributed by atoms with Crippen LogP contribution in [0.4, 0.5) is 22.2 Å². The second-order valence-corrected chi connectivity index (χ2v) is 9.19. The van der Waals surface area contributed by atoms with E-state index in [1.807, 2.05) is 4.90 Å². The van der Waals surface area contributed by atoms with Crippen molar-refractivity contribution in [1.29, 1.82) is 0 Å². The van der Waals surface area contributed by atoms with E-state index in [0.29, 0.717) is 53.0 Å². The van der Waals surface area contributed by atoms with E-state index >= 15 is 0 Å². The molecule has 0 N–H and O–H groups in total. The molecule has 1 aliphatic rings. The summed E-state index contributed by atoms with van der Waals surface area (Å²) >= 11 is 1.12. The van der Waals surface area contributed by atoms with E-state index < -0.39 is 15.8 Å². The van der Waals surface area contributed by atoms with E-state index in [-0.39, 0.29) is 23.5 Å². The number of hydrogen-bond donors (Lipinski definition) is 0. The van der Waals surface area contributed by atoms with Gasteiger partial charge in [0.25, 0.3) is 17.3 Å². The quantitative estimate of drug-likeness (QED) is 0.259. The average Bonchev–Trinajstić information content (AvgIpc) is 3.35. The first-order chi connectivity index (χ1) is 17.9. The van der Waals surface area contributed by atoms with Crippen LogP contribution in [0.1, 0.15) is 16.1 Å². The van der Waals surface area contributed by atoms with Crippen molar-refractivity contribution in [2.45, 2.75) is 6.54 Å². The van der Waals surface area contributed by atoms with Gasteiger partial charge >= 0.3 is 0 Å². The number of anilines is 2. The van der Waals surface area contributed by atoms with Crippen LogP contribution in [0.15, 0.2) is 60.8 Å². The van der Waals surface area contributed by atoms with E-state index in [1.54, 1.807) is 36.5 Å². The van der Waals surface area contributed by atoms with E-state index in [9.17, 15) is 25.0 Å². The van der Waals surface area contributed by atoms with Gasteiger partial charge < -0.3 is 9.64 Å². The lowest BCUT2D eigenvalue weighted by Gasteiger charge is -2.28. The Kier molecular flexibility index (Phi) is 6.70. The molecule has 0 aliphatic carbocycles. The van der Waals surface area contributed by atoms with Gasteiger partial charge in [-0.2, -0.15) is 0 Å². The summed E-state index contributed by atoms with van der Waals surface area (Å²) in [5, 5.41) is 23.4. The number of ether oxygens (including phenoxy) is 1. The van der Waals surface area contributed by atoms with Gasteiger partial charge in [-0.25, -0.2) is 4.98 Å². The number of nitro groups is 2. The molecule has 13 heteroatoms. The smallest absolute Gasteiger partial charge is 0.293 e. The molecule has 0 saturated carbocycles. The number of carbonyl (C=O) groups excluding carboxylic acids is 1. The van der Waals surface area contributed by atoms with Gasteiger partial charge in [0, 0.05) is 43.0 Å². The second kappa shape index (κ2) is 10.2.